The zero-order valence-corrected chi connectivity index (χ0v) is 8.62. The van der Waals surface area contributed by atoms with E-state index in [9.17, 15) is 0 Å². The zero-order chi connectivity index (χ0) is 9.97. The van der Waals surface area contributed by atoms with Gasteiger partial charge in [-0.25, -0.2) is 0 Å². The number of aromatic nitrogens is 2. The molecule has 1 N–H and O–H groups in total. The summed E-state index contributed by atoms with van der Waals surface area (Å²) in [6.07, 6.45) is 2.10. The molecule has 1 heterocycles. The van der Waals surface area contributed by atoms with Gasteiger partial charge >= 0.3 is 0 Å². The van der Waals surface area contributed by atoms with Gasteiger partial charge in [-0.05, 0) is 26.1 Å². The highest BCUT2D eigenvalue weighted by molar-refractivity contribution is 5.78. The van der Waals surface area contributed by atoms with Gasteiger partial charge < -0.3 is 5.32 Å². The fourth-order valence-corrected chi connectivity index (χ4v) is 1.54. The molecule has 3 heteroatoms. The number of aryl methyl sites for hydroxylation is 1. The van der Waals surface area contributed by atoms with E-state index in [4.69, 9.17) is 0 Å². The number of fused-ring (bicyclic) bond motifs is 1. The third-order valence-electron chi connectivity index (χ3n) is 2.30. The van der Waals surface area contributed by atoms with Gasteiger partial charge in [-0.2, -0.15) is 5.10 Å². The molecule has 0 unspecified atom stereocenters. The maximum atomic E-state index is 4.47. The number of nitrogens with zero attached hydrogens (tertiary/aromatic N) is 2. The van der Waals surface area contributed by atoms with Crippen LogP contribution in [-0.2, 0) is 6.54 Å². The summed E-state index contributed by atoms with van der Waals surface area (Å²) in [4.78, 5) is 0. The van der Waals surface area contributed by atoms with Crippen molar-refractivity contribution in [2.45, 2.75) is 13.5 Å². The molecule has 0 saturated heterocycles. The van der Waals surface area contributed by atoms with Gasteiger partial charge in [0.05, 0.1) is 12.1 Å². The second kappa shape index (κ2) is 3.80. The minimum atomic E-state index is 0.921. The van der Waals surface area contributed by atoms with Crippen molar-refractivity contribution < 1.29 is 0 Å². The van der Waals surface area contributed by atoms with E-state index < -0.39 is 0 Å². The summed E-state index contributed by atoms with van der Waals surface area (Å²) < 4.78 is 1.99. The highest BCUT2D eigenvalue weighted by Gasteiger charge is 1.99. The Labute approximate surface area is 83.7 Å². The van der Waals surface area contributed by atoms with E-state index in [0.29, 0.717) is 0 Å². The van der Waals surface area contributed by atoms with Crippen molar-refractivity contribution in [3.63, 3.8) is 0 Å². The van der Waals surface area contributed by atoms with Gasteiger partial charge in [-0.3, -0.25) is 4.68 Å². The van der Waals surface area contributed by atoms with E-state index in [1.165, 1.54) is 10.9 Å². The molecule has 2 aromatic rings. The van der Waals surface area contributed by atoms with E-state index in [1.54, 1.807) is 0 Å². The number of benzene rings is 1. The molecule has 0 aliphatic carbocycles. The smallest absolute Gasteiger partial charge is 0.0923 e. The first-order chi connectivity index (χ1) is 6.79. The minimum Gasteiger partial charge on any atom is -0.318 e. The molecule has 0 amide bonds. The highest BCUT2D eigenvalue weighted by Crippen LogP contribution is 2.13. The second-order valence-corrected chi connectivity index (χ2v) is 3.56. The van der Waals surface area contributed by atoms with E-state index >= 15 is 0 Å². The average Bonchev–Trinajstić information content (AvgIpc) is 2.56. The predicted molar refractivity (Wildman–Crippen MR) is 58.4 cm³/mol. The second-order valence-electron chi connectivity index (χ2n) is 3.56. The fourth-order valence-electron chi connectivity index (χ4n) is 1.54. The third kappa shape index (κ3) is 1.77. The van der Waals surface area contributed by atoms with Crippen LogP contribution in [0.3, 0.4) is 0 Å². The Bertz CT molecular complexity index is 431. The molecule has 1 aromatic carbocycles. The summed E-state index contributed by atoms with van der Waals surface area (Å²) >= 11 is 0. The maximum absolute atomic E-state index is 4.47. The summed E-state index contributed by atoms with van der Waals surface area (Å²) in [5, 5.41) is 8.80. The van der Waals surface area contributed by atoms with Gasteiger partial charge in [0.25, 0.3) is 0 Å². The standard InChI is InChI=1S/C11H15N3/c1-9-3-4-11-10(7-9)8-14(13-11)6-5-12-2/h3-4,7-8,12H,5-6H2,1-2H3. The molecule has 0 fully saturated rings. The topological polar surface area (TPSA) is 29.9 Å². The molecule has 0 aliphatic rings. The third-order valence-corrected chi connectivity index (χ3v) is 2.30. The Morgan fingerprint density at radius 2 is 2.29 bits per heavy atom. The summed E-state index contributed by atoms with van der Waals surface area (Å²) in [5.41, 5.74) is 2.36. The van der Waals surface area contributed by atoms with E-state index in [0.717, 1.165) is 18.6 Å². The molecule has 0 atom stereocenters. The Hall–Kier alpha value is -1.35. The Kier molecular flexibility index (Phi) is 2.50. The number of hydrogen-bond acceptors (Lipinski definition) is 2. The lowest BCUT2D eigenvalue weighted by Crippen LogP contribution is -2.14. The molecule has 14 heavy (non-hydrogen) atoms. The minimum absolute atomic E-state index is 0.921. The fraction of sp³-hybridized carbons (Fsp3) is 0.364. The summed E-state index contributed by atoms with van der Waals surface area (Å²) in [6.45, 7) is 3.97. The number of hydrogen-bond donors (Lipinski definition) is 1. The molecular formula is C11H15N3. The molecule has 0 spiro atoms. The van der Waals surface area contributed by atoms with Gasteiger partial charge in [0.1, 0.15) is 0 Å². The lowest BCUT2D eigenvalue weighted by Gasteiger charge is -1.97. The molecule has 0 radical (unpaired) electrons. The van der Waals surface area contributed by atoms with Crippen LogP contribution in [0.15, 0.2) is 24.4 Å². The Morgan fingerprint density at radius 1 is 1.43 bits per heavy atom. The quantitative estimate of drug-likeness (QED) is 0.794. The largest absolute Gasteiger partial charge is 0.318 e. The first-order valence-corrected chi connectivity index (χ1v) is 4.88. The zero-order valence-electron chi connectivity index (χ0n) is 8.62. The first kappa shape index (κ1) is 9.21. The van der Waals surface area contributed by atoms with Crippen LogP contribution in [0.1, 0.15) is 5.56 Å². The van der Waals surface area contributed by atoms with Crippen molar-refractivity contribution in [3.05, 3.63) is 30.0 Å². The van der Waals surface area contributed by atoms with E-state index in [-0.39, 0.29) is 0 Å². The van der Waals surface area contributed by atoms with Crippen LogP contribution in [0.4, 0.5) is 0 Å². The Morgan fingerprint density at radius 3 is 3.07 bits per heavy atom. The number of rotatable bonds is 3. The van der Waals surface area contributed by atoms with Crippen molar-refractivity contribution >= 4 is 10.9 Å². The average molecular weight is 189 g/mol. The summed E-state index contributed by atoms with van der Waals surface area (Å²) in [6, 6.07) is 6.33. The summed E-state index contributed by atoms with van der Waals surface area (Å²) in [7, 11) is 1.95. The molecule has 0 aliphatic heterocycles. The molecule has 1 aromatic heterocycles. The molecule has 2 rings (SSSR count). The van der Waals surface area contributed by atoms with Crippen molar-refractivity contribution in [1.82, 2.24) is 15.1 Å². The SMILES string of the molecule is CNCCn1cc2cc(C)ccc2n1. The van der Waals surface area contributed by atoms with Gasteiger partial charge in [0.2, 0.25) is 0 Å². The van der Waals surface area contributed by atoms with E-state index in [1.807, 2.05) is 11.7 Å². The number of nitrogens with one attached hydrogen (secondary N) is 1. The van der Waals surface area contributed by atoms with Crippen LogP contribution in [0, 0.1) is 6.92 Å². The predicted octanol–water partition coefficient (Wildman–Crippen LogP) is 1.56. The molecule has 74 valence electrons. The van der Waals surface area contributed by atoms with E-state index in [2.05, 4.69) is 41.7 Å². The Balaban J connectivity index is 2.32. The molecular weight excluding hydrogens is 174 g/mol. The van der Waals surface area contributed by atoms with Crippen molar-refractivity contribution in [3.8, 4) is 0 Å². The first-order valence-electron chi connectivity index (χ1n) is 4.88. The lowest BCUT2D eigenvalue weighted by atomic mass is 10.2. The summed E-state index contributed by atoms with van der Waals surface area (Å²) in [5.74, 6) is 0. The van der Waals surface area contributed by atoms with Crippen molar-refractivity contribution in [2.75, 3.05) is 13.6 Å². The van der Waals surface area contributed by atoms with Gasteiger partial charge in [-0.1, -0.05) is 11.6 Å². The van der Waals surface area contributed by atoms with Gasteiger partial charge in [0.15, 0.2) is 0 Å². The highest BCUT2D eigenvalue weighted by atomic mass is 15.3. The van der Waals surface area contributed by atoms with Crippen LogP contribution in [0.2, 0.25) is 0 Å². The maximum Gasteiger partial charge on any atom is 0.0923 e. The molecule has 0 saturated carbocycles. The number of likely N-dealkylation sites (N-methyl/N-ethyl adjacent to an activating group) is 1. The van der Waals surface area contributed by atoms with Crippen LogP contribution in [-0.4, -0.2) is 23.4 Å². The van der Waals surface area contributed by atoms with Crippen molar-refractivity contribution in [1.29, 1.82) is 0 Å². The molecule has 3 nitrogen and oxygen atoms in total. The van der Waals surface area contributed by atoms with Crippen LogP contribution >= 0.6 is 0 Å². The van der Waals surface area contributed by atoms with Crippen molar-refractivity contribution in [2.24, 2.45) is 0 Å². The lowest BCUT2D eigenvalue weighted by molar-refractivity contribution is 0.590. The van der Waals surface area contributed by atoms with Gasteiger partial charge in [-0.15, -0.1) is 0 Å². The molecule has 0 bridgehead atoms. The normalized spacial score (nSPS) is 11.0. The van der Waals surface area contributed by atoms with Crippen LogP contribution in [0.5, 0.6) is 0 Å². The monoisotopic (exact) mass is 189 g/mol. The van der Waals surface area contributed by atoms with Gasteiger partial charge in [0, 0.05) is 18.1 Å². The van der Waals surface area contributed by atoms with Crippen LogP contribution < -0.4 is 5.32 Å². The van der Waals surface area contributed by atoms with Crippen LogP contribution in [0.25, 0.3) is 10.9 Å².